The van der Waals surface area contributed by atoms with Crippen molar-refractivity contribution in [1.82, 2.24) is 19.3 Å². The van der Waals surface area contributed by atoms with Crippen LogP contribution in [0.1, 0.15) is 12.1 Å². The fraction of sp³-hybridized carbons (Fsp3) is 0.400. The van der Waals surface area contributed by atoms with E-state index in [1.807, 2.05) is 24.1 Å². The molecule has 15 heavy (non-hydrogen) atoms. The molecule has 0 amide bonds. The van der Waals surface area contributed by atoms with E-state index in [1.54, 1.807) is 12.4 Å². The van der Waals surface area contributed by atoms with Gasteiger partial charge in [-0.2, -0.15) is 5.10 Å². The molecule has 2 aromatic heterocycles. The van der Waals surface area contributed by atoms with Gasteiger partial charge in [0, 0.05) is 25.5 Å². The summed E-state index contributed by atoms with van der Waals surface area (Å²) in [4.78, 5) is 3.99. The van der Waals surface area contributed by atoms with Crippen molar-refractivity contribution in [3.05, 3.63) is 30.6 Å². The smallest absolute Gasteiger partial charge is 0.0945 e. The molecule has 0 radical (unpaired) electrons. The zero-order valence-electron chi connectivity index (χ0n) is 8.80. The molecule has 80 valence electrons. The lowest BCUT2D eigenvalue weighted by Gasteiger charge is -2.05. The predicted octanol–water partition coefficient (Wildman–Crippen LogP) is 1.06. The Kier molecular flexibility index (Phi) is 2.71. The molecule has 2 rings (SSSR count). The van der Waals surface area contributed by atoms with Gasteiger partial charge < -0.3 is 10.3 Å². The molecule has 5 heteroatoms. The van der Waals surface area contributed by atoms with Crippen molar-refractivity contribution in [1.29, 1.82) is 0 Å². The van der Waals surface area contributed by atoms with E-state index in [4.69, 9.17) is 5.73 Å². The van der Waals surface area contributed by atoms with E-state index in [-0.39, 0.29) is 0 Å². The fourth-order valence-electron chi connectivity index (χ4n) is 1.51. The van der Waals surface area contributed by atoms with Crippen LogP contribution in [-0.4, -0.2) is 19.3 Å². The Morgan fingerprint density at radius 2 is 2.27 bits per heavy atom. The Morgan fingerprint density at radius 3 is 2.87 bits per heavy atom. The second kappa shape index (κ2) is 4.16. The molecule has 0 unspecified atom stereocenters. The number of rotatable bonds is 4. The van der Waals surface area contributed by atoms with Gasteiger partial charge in [-0.3, -0.25) is 4.68 Å². The van der Waals surface area contributed by atoms with Crippen LogP contribution in [-0.2, 0) is 13.1 Å². The molecule has 0 aromatic carbocycles. The Hall–Kier alpha value is -1.78. The molecule has 2 aromatic rings. The van der Waals surface area contributed by atoms with Crippen LogP contribution in [0.15, 0.2) is 24.9 Å². The number of aromatic nitrogens is 4. The van der Waals surface area contributed by atoms with Gasteiger partial charge in [-0.05, 0) is 13.3 Å². The van der Waals surface area contributed by atoms with Crippen molar-refractivity contribution in [2.24, 2.45) is 0 Å². The summed E-state index contributed by atoms with van der Waals surface area (Å²) in [5, 5.41) is 4.20. The minimum atomic E-state index is 0.762. The van der Waals surface area contributed by atoms with E-state index in [1.165, 1.54) is 0 Å². The highest BCUT2D eigenvalue weighted by atomic mass is 15.3. The number of hydrogen-bond acceptors (Lipinski definition) is 3. The van der Waals surface area contributed by atoms with E-state index >= 15 is 0 Å². The number of nitrogen functional groups attached to an aromatic ring is 1. The molecule has 2 heterocycles. The Balaban J connectivity index is 1.86. The Morgan fingerprint density at radius 1 is 1.40 bits per heavy atom. The van der Waals surface area contributed by atoms with E-state index in [0.29, 0.717) is 0 Å². The molecule has 0 atom stereocenters. The maximum atomic E-state index is 5.71. The van der Waals surface area contributed by atoms with Gasteiger partial charge in [-0.15, -0.1) is 0 Å². The number of imidazole rings is 1. The van der Waals surface area contributed by atoms with Gasteiger partial charge in [0.15, 0.2) is 0 Å². The number of nitrogens with two attached hydrogens (primary N) is 1. The SMILES string of the molecule is Cc1c(N)cnn1CCCn1ccnc1. The topological polar surface area (TPSA) is 61.7 Å². The zero-order chi connectivity index (χ0) is 10.7. The monoisotopic (exact) mass is 205 g/mol. The third-order valence-corrected chi connectivity index (χ3v) is 2.49. The summed E-state index contributed by atoms with van der Waals surface area (Å²) in [5.41, 5.74) is 7.51. The van der Waals surface area contributed by atoms with Gasteiger partial charge in [0.1, 0.15) is 0 Å². The van der Waals surface area contributed by atoms with Crippen LogP contribution in [0.4, 0.5) is 5.69 Å². The van der Waals surface area contributed by atoms with Crippen molar-refractivity contribution >= 4 is 5.69 Å². The van der Waals surface area contributed by atoms with Gasteiger partial charge in [-0.25, -0.2) is 4.98 Å². The third kappa shape index (κ3) is 2.18. The summed E-state index contributed by atoms with van der Waals surface area (Å²) in [5.74, 6) is 0. The molecule has 0 saturated heterocycles. The summed E-state index contributed by atoms with van der Waals surface area (Å²) in [6.07, 6.45) is 8.30. The van der Waals surface area contributed by atoms with E-state index in [2.05, 4.69) is 14.6 Å². The van der Waals surface area contributed by atoms with Crippen molar-refractivity contribution in [2.75, 3.05) is 5.73 Å². The lowest BCUT2D eigenvalue weighted by molar-refractivity contribution is 0.518. The average molecular weight is 205 g/mol. The number of aryl methyl sites for hydroxylation is 2. The highest BCUT2D eigenvalue weighted by Crippen LogP contribution is 2.08. The Bertz CT molecular complexity index is 415. The van der Waals surface area contributed by atoms with Crippen LogP contribution < -0.4 is 5.73 Å². The molecule has 0 aliphatic heterocycles. The van der Waals surface area contributed by atoms with Crippen molar-refractivity contribution < 1.29 is 0 Å². The average Bonchev–Trinajstić information content (AvgIpc) is 2.83. The Labute approximate surface area is 88.5 Å². The van der Waals surface area contributed by atoms with Crippen LogP contribution in [0, 0.1) is 6.92 Å². The van der Waals surface area contributed by atoms with Gasteiger partial charge in [-0.1, -0.05) is 0 Å². The first-order valence-corrected chi connectivity index (χ1v) is 5.01. The number of hydrogen-bond donors (Lipinski definition) is 1. The lowest BCUT2D eigenvalue weighted by atomic mass is 10.4. The molecular weight excluding hydrogens is 190 g/mol. The van der Waals surface area contributed by atoms with Crippen LogP contribution in [0.5, 0.6) is 0 Å². The van der Waals surface area contributed by atoms with Crippen LogP contribution in [0.25, 0.3) is 0 Å². The third-order valence-electron chi connectivity index (χ3n) is 2.49. The normalized spacial score (nSPS) is 10.7. The van der Waals surface area contributed by atoms with Crippen molar-refractivity contribution in [3.8, 4) is 0 Å². The van der Waals surface area contributed by atoms with Gasteiger partial charge in [0.05, 0.1) is 23.9 Å². The van der Waals surface area contributed by atoms with Crippen LogP contribution in [0.3, 0.4) is 0 Å². The van der Waals surface area contributed by atoms with E-state index in [0.717, 1.165) is 30.9 Å². The fourth-order valence-corrected chi connectivity index (χ4v) is 1.51. The molecule has 0 fully saturated rings. The second-order valence-electron chi connectivity index (χ2n) is 3.56. The maximum absolute atomic E-state index is 5.71. The van der Waals surface area contributed by atoms with Gasteiger partial charge in [0.25, 0.3) is 0 Å². The minimum Gasteiger partial charge on any atom is -0.396 e. The molecule has 0 aliphatic rings. The highest BCUT2D eigenvalue weighted by molar-refractivity contribution is 5.39. The van der Waals surface area contributed by atoms with Gasteiger partial charge in [0.2, 0.25) is 0 Å². The lowest BCUT2D eigenvalue weighted by Crippen LogP contribution is -2.06. The quantitative estimate of drug-likeness (QED) is 0.811. The zero-order valence-corrected chi connectivity index (χ0v) is 8.80. The number of nitrogens with zero attached hydrogens (tertiary/aromatic N) is 4. The van der Waals surface area contributed by atoms with Crippen LogP contribution >= 0.6 is 0 Å². The molecule has 0 spiro atoms. The first-order valence-electron chi connectivity index (χ1n) is 5.01. The molecule has 5 nitrogen and oxygen atoms in total. The summed E-state index contributed by atoms with van der Waals surface area (Å²) >= 11 is 0. The maximum Gasteiger partial charge on any atom is 0.0945 e. The molecule has 2 N–H and O–H groups in total. The van der Waals surface area contributed by atoms with Crippen LogP contribution in [0.2, 0.25) is 0 Å². The molecular formula is C10H15N5. The summed E-state index contributed by atoms with van der Waals surface area (Å²) < 4.78 is 3.99. The first kappa shape index (κ1) is 9.76. The predicted molar refractivity (Wildman–Crippen MR) is 58.2 cm³/mol. The largest absolute Gasteiger partial charge is 0.396 e. The van der Waals surface area contributed by atoms with Crippen molar-refractivity contribution in [3.63, 3.8) is 0 Å². The molecule has 0 bridgehead atoms. The highest BCUT2D eigenvalue weighted by Gasteiger charge is 2.01. The van der Waals surface area contributed by atoms with E-state index in [9.17, 15) is 0 Å². The minimum absolute atomic E-state index is 0.762. The van der Waals surface area contributed by atoms with Gasteiger partial charge >= 0.3 is 0 Å². The second-order valence-corrected chi connectivity index (χ2v) is 3.56. The molecule has 0 saturated carbocycles. The standard InChI is InChI=1S/C10H15N5/c1-9-10(11)7-13-15(9)5-2-4-14-6-3-12-8-14/h3,6-8H,2,4-5,11H2,1H3. The summed E-state index contributed by atoms with van der Waals surface area (Å²) in [6.45, 7) is 3.83. The summed E-state index contributed by atoms with van der Waals surface area (Å²) in [7, 11) is 0. The number of anilines is 1. The molecule has 0 aliphatic carbocycles. The summed E-state index contributed by atoms with van der Waals surface area (Å²) in [6, 6.07) is 0. The first-order chi connectivity index (χ1) is 7.27. The van der Waals surface area contributed by atoms with Crippen molar-refractivity contribution in [2.45, 2.75) is 26.4 Å². The van der Waals surface area contributed by atoms with E-state index < -0.39 is 0 Å².